The lowest BCUT2D eigenvalue weighted by molar-refractivity contribution is -0.119. The maximum Gasteiger partial charge on any atom is 0.217 e. The molecule has 1 N–H and O–H groups in total. The number of carbonyl (C=O) groups excluding carboxylic acids is 1. The monoisotopic (exact) mass is 321 g/mol. The number of carbonyl (C=O) groups is 1. The van der Waals surface area contributed by atoms with Crippen LogP contribution in [0.25, 0.3) is 4.96 Å². The second kappa shape index (κ2) is 5.53. The van der Waals surface area contributed by atoms with Crippen molar-refractivity contribution in [3.05, 3.63) is 11.9 Å². The smallest absolute Gasteiger partial charge is 0.217 e. The van der Waals surface area contributed by atoms with E-state index < -0.39 is 0 Å². The molecule has 1 aliphatic rings. The summed E-state index contributed by atoms with van der Waals surface area (Å²) >= 11 is 1.64. The van der Waals surface area contributed by atoms with Gasteiger partial charge >= 0.3 is 0 Å². The van der Waals surface area contributed by atoms with Crippen molar-refractivity contribution in [2.24, 2.45) is 0 Å². The first-order chi connectivity index (χ1) is 10.3. The van der Waals surface area contributed by atoms with Gasteiger partial charge in [0.2, 0.25) is 16.0 Å². The summed E-state index contributed by atoms with van der Waals surface area (Å²) in [5.74, 6) is 0.0564. The molecule has 1 aliphatic heterocycles. The second-order valence-electron chi connectivity index (χ2n) is 6.95. The standard InChI is InChI=1S/C15H23N5OS/c1-10(21)16-11-5-7-19(8-6-11)14-18-20-9-12(15(2,3)4)17-13(20)22-14/h9,11H,5-8H2,1-4H3,(H,16,21). The van der Waals surface area contributed by atoms with Crippen molar-refractivity contribution in [2.75, 3.05) is 18.0 Å². The zero-order chi connectivity index (χ0) is 15.9. The van der Waals surface area contributed by atoms with Crippen molar-refractivity contribution in [3.63, 3.8) is 0 Å². The second-order valence-corrected chi connectivity index (χ2v) is 7.88. The Morgan fingerprint density at radius 2 is 2.05 bits per heavy atom. The van der Waals surface area contributed by atoms with Gasteiger partial charge in [0.25, 0.3) is 0 Å². The Kier molecular flexibility index (Phi) is 3.84. The number of rotatable bonds is 2. The first-order valence-corrected chi connectivity index (χ1v) is 8.53. The maximum atomic E-state index is 11.1. The number of nitrogens with zero attached hydrogens (tertiary/aromatic N) is 4. The Hall–Kier alpha value is -1.63. The van der Waals surface area contributed by atoms with Gasteiger partial charge in [-0.15, -0.1) is 5.10 Å². The van der Waals surface area contributed by atoms with Gasteiger partial charge in [0.1, 0.15) is 0 Å². The highest BCUT2D eigenvalue weighted by molar-refractivity contribution is 7.20. The van der Waals surface area contributed by atoms with E-state index in [4.69, 9.17) is 0 Å². The van der Waals surface area contributed by atoms with Crippen LogP contribution in [0.15, 0.2) is 6.20 Å². The Morgan fingerprint density at radius 3 is 2.59 bits per heavy atom. The molecule has 6 nitrogen and oxygen atoms in total. The average molecular weight is 321 g/mol. The quantitative estimate of drug-likeness (QED) is 0.921. The third kappa shape index (κ3) is 3.09. The van der Waals surface area contributed by atoms with E-state index in [2.05, 4.69) is 41.1 Å². The van der Waals surface area contributed by atoms with Crippen molar-refractivity contribution in [2.45, 2.75) is 52.0 Å². The molecule has 1 amide bonds. The Bertz CT molecular complexity index is 644. The molecule has 3 rings (SSSR count). The van der Waals surface area contributed by atoms with E-state index in [1.165, 1.54) is 0 Å². The van der Waals surface area contributed by atoms with Crippen LogP contribution in [0.2, 0.25) is 0 Å². The SMILES string of the molecule is CC(=O)NC1CCN(c2nn3cc(C(C)(C)C)nc3s2)CC1. The Labute approximate surface area is 134 Å². The van der Waals surface area contributed by atoms with Crippen LogP contribution < -0.4 is 10.2 Å². The van der Waals surface area contributed by atoms with Crippen LogP contribution in [0.3, 0.4) is 0 Å². The summed E-state index contributed by atoms with van der Waals surface area (Å²) in [5.41, 5.74) is 1.12. The van der Waals surface area contributed by atoms with E-state index in [0.29, 0.717) is 6.04 Å². The summed E-state index contributed by atoms with van der Waals surface area (Å²) in [5, 5.41) is 8.68. The number of aromatic nitrogens is 3. The van der Waals surface area contributed by atoms with Crippen LogP contribution >= 0.6 is 11.3 Å². The number of piperidine rings is 1. The molecule has 2 aromatic heterocycles. The summed E-state index contributed by atoms with van der Waals surface area (Å²) in [6.07, 6.45) is 3.96. The number of fused-ring (bicyclic) bond motifs is 1. The van der Waals surface area contributed by atoms with Crippen molar-refractivity contribution < 1.29 is 4.79 Å². The van der Waals surface area contributed by atoms with Gasteiger partial charge in [0.05, 0.1) is 11.9 Å². The molecule has 3 heterocycles. The molecule has 0 bridgehead atoms. The molecule has 0 unspecified atom stereocenters. The predicted molar refractivity (Wildman–Crippen MR) is 88.6 cm³/mol. The van der Waals surface area contributed by atoms with Gasteiger partial charge in [0.15, 0.2) is 0 Å². The van der Waals surface area contributed by atoms with E-state index in [0.717, 1.165) is 41.7 Å². The topological polar surface area (TPSA) is 62.5 Å². The van der Waals surface area contributed by atoms with Gasteiger partial charge in [-0.05, 0) is 12.8 Å². The van der Waals surface area contributed by atoms with Gasteiger partial charge in [-0.25, -0.2) is 9.50 Å². The fourth-order valence-corrected chi connectivity index (χ4v) is 3.62. The molecule has 1 fully saturated rings. The van der Waals surface area contributed by atoms with Gasteiger partial charge in [-0.1, -0.05) is 32.1 Å². The minimum Gasteiger partial charge on any atom is -0.353 e. The summed E-state index contributed by atoms with van der Waals surface area (Å²) < 4.78 is 1.89. The van der Waals surface area contributed by atoms with Gasteiger partial charge < -0.3 is 10.2 Å². The predicted octanol–water partition coefficient (Wildman–Crippen LogP) is 2.19. The molecule has 0 aromatic carbocycles. The van der Waals surface area contributed by atoms with Crippen LogP contribution in [0, 0.1) is 0 Å². The molecular weight excluding hydrogens is 298 g/mol. The molecule has 1 saturated heterocycles. The first-order valence-electron chi connectivity index (χ1n) is 7.71. The fourth-order valence-electron chi connectivity index (χ4n) is 2.68. The lowest BCUT2D eigenvalue weighted by atomic mass is 9.93. The minimum atomic E-state index is 0.0459. The van der Waals surface area contributed by atoms with Crippen LogP contribution in [0.4, 0.5) is 5.13 Å². The molecule has 0 saturated carbocycles. The highest BCUT2D eigenvalue weighted by atomic mass is 32.1. The highest BCUT2D eigenvalue weighted by Crippen LogP contribution is 2.29. The molecule has 0 radical (unpaired) electrons. The van der Waals surface area contributed by atoms with Crippen LogP contribution in [0.1, 0.15) is 46.2 Å². The van der Waals surface area contributed by atoms with Gasteiger partial charge in [0, 0.05) is 31.5 Å². The zero-order valence-corrected chi connectivity index (χ0v) is 14.4. The minimum absolute atomic E-state index is 0.0459. The van der Waals surface area contributed by atoms with Gasteiger partial charge in [-0.3, -0.25) is 4.79 Å². The van der Waals surface area contributed by atoms with E-state index in [9.17, 15) is 4.79 Å². The molecule has 120 valence electrons. The molecule has 0 aliphatic carbocycles. The van der Waals surface area contributed by atoms with E-state index >= 15 is 0 Å². The lowest BCUT2D eigenvalue weighted by Gasteiger charge is -2.31. The van der Waals surface area contributed by atoms with Crippen molar-refractivity contribution in [1.82, 2.24) is 19.9 Å². The van der Waals surface area contributed by atoms with Crippen molar-refractivity contribution in [3.8, 4) is 0 Å². The molecular formula is C15H23N5OS. The molecule has 22 heavy (non-hydrogen) atoms. The largest absolute Gasteiger partial charge is 0.353 e. The molecule has 0 atom stereocenters. The summed E-state index contributed by atoms with van der Waals surface area (Å²) in [4.78, 5) is 19.0. The summed E-state index contributed by atoms with van der Waals surface area (Å²) in [7, 11) is 0. The third-order valence-corrected chi connectivity index (χ3v) is 4.96. The van der Waals surface area contributed by atoms with Crippen molar-refractivity contribution >= 4 is 27.3 Å². The number of hydrogen-bond acceptors (Lipinski definition) is 5. The van der Waals surface area contributed by atoms with E-state index in [1.807, 2.05) is 10.7 Å². The van der Waals surface area contributed by atoms with E-state index in [-0.39, 0.29) is 11.3 Å². The van der Waals surface area contributed by atoms with Crippen LogP contribution in [-0.4, -0.2) is 39.6 Å². The van der Waals surface area contributed by atoms with Crippen LogP contribution in [-0.2, 0) is 10.2 Å². The molecule has 7 heteroatoms. The summed E-state index contributed by atoms with van der Waals surface area (Å²) in [6.45, 7) is 9.91. The fraction of sp³-hybridized carbons (Fsp3) is 0.667. The van der Waals surface area contributed by atoms with Crippen molar-refractivity contribution in [1.29, 1.82) is 0 Å². The average Bonchev–Trinajstić information content (AvgIpc) is 2.96. The molecule has 2 aromatic rings. The lowest BCUT2D eigenvalue weighted by Crippen LogP contribution is -2.44. The van der Waals surface area contributed by atoms with Crippen LogP contribution in [0.5, 0.6) is 0 Å². The number of imidazole rings is 1. The molecule has 0 spiro atoms. The Balaban J connectivity index is 1.70. The number of hydrogen-bond donors (Lipinski definition) is 1. The normalized spacial score (nSPS) is 17.2. The number of nitrogens with one attached hydrogen (secondary N) is 1. The van der Waals surface area contributed by atoms with Gasteiger partial charge in [-0.2, -0.15) is 0 Å². The third-order valence-electron chi connectivity index (χ3n) is 3.97. The summed E-state index contributed by atoms with van der Waals surface area (Å²) in [6, 6.07) is 0.297. The Morgan fingerprint density at radius 1 is 1.36 bits per heavy atom. The first kappa shape index (κ1) is 15.3. The highest BCUT2D eigenvalue weighted by Gasteiger charge is 2.24. The zero-order valence-electron chi connectivity index (χ0n) is 13.6. The maximum absolute atomic E-state index is 11.1. The van der Waals surface area contributed by atoms with E-state index in [1.54, 1.807) is 18.3 Å². The number of anilines is 1. The number of amides is 1.